The highest BCUT2D eigenvalue weighted by Crippen LogP contribution is 2.15. The summed E-state index contributed by atoms with van der Waals surface area (Å²) in [6.45, 7) is 4.44. The summed E-state index contributed by atoms with van der Waals surface area (Å²) >= 11 is 1.40. The van der Waals surface area contributed by atoms with Crippen LogP contribution in [0.15, 0.2) is 35.2 Å². The van der Waals surface area contributed by atoms with Crippen LogP contribution in [0.4, 0.5) is 0 Å². The van der Waals surface area contributed by atoms with Gasteiger partial charge in [0.15, 0.2) is 0 Å². The lowest BCUT2D eigenvalue weighted by Crippen LogP contribution is -2.29. The van der Waals surface area contributed by atoms with Gasteiger partial charge in [-0.1, -0.05) is 36.8 Å². The Morgan fingerprint density at radius 1 is 1.30 bits per heavy atom. The highest BCUT2D eigenvalue weighted by Gasteiger charge is 2.15. The molecular formula is C14H18N2O2S2. The van der Waals surface area contributed by atoms with Crippen molar-refractivity contribution in [1.29, 1.82) is 0 Å². The molecule has 0 fully saturated rings. The minimum atomic E-state index is -3.32. The molecule has 0 aliphatic carbocycles. The molecule has 1 aromatic heterocycles. The molecule has 1 heterocycles. The van der Waals surface area contributed by atoms with Crippen LogP contribution < -0.4 is 4.72 Å². The third kappa shape index (κ3) is 4.40. The first-order valence-electron chi connectivity index (χ1n) is 6.37. The van der Waals surface area contributed by atoms with Crippen LogP contribution in [-0.2, 0) is 15.8 Å². The van der Waals surface area contributed by atoms with Crippen LogP contribution in [0.1, 0.15) is 29.7 Å². The molecule has 0 saturated carbocycles. The van der Waals surface area contributed by atoms with Crippen LogP contribution in [0, 0.1) is 6.92 Å². The molecule has 2 rings (SSSR count). The minimum absolute atomic E-state index is 0.0584. The van der Waals surface area contributed by atoms with Gasteiger partial charge in [0, 0.05) is 11.9 Å². The van der Waals surface area contributed by atoms with Gasteiger partial charge < -0.3 is 0 Å². The van der Waals surface area contributed by atoms with E-state index in [1.54, 1.807) is 10.9 Å². The van der Waals surface area contributed by atoms with Gasteiger partial charge in [0.1, 0.15) is 5.75 Å². The molecule has 1 aromatic carbocycles. The number of nitrogens with one attached hydrogen (secondary N) is 1. The Balaban J connectivity index is 1.92. The number of benzene rings is 1. The fourth-order valence-electron chi connectivity index (χ4n) is 1.82. The highest BCUT2D eigenvalue weighted by molar-refractivity contribution is 7.88. The van der Waals surface area contributed by atoms with E-state index in [2.05, 4.69) is 9.71 Å². The molecular weight excluding hydrogens is 292 g/mol. The van der Waals surface area contributed by atoms with Gasteiger partial charge in [-0.05, 0) is 18.4 Å². The van der Waals surface area contributed by atoms with E-state index in [0.717, 1.165) is 5.56 Å². The van der Waals surface area contributed by atoms with E-state index in [4.69, 9.17) is 0 Å². The van der Waals surface area contributed by atoms with Gasteiger partial charge >= 0.3 is 0 Å². The number of nitrogens with zero attached hydrogens (tertiary/aromatic N) is 1. The topological polar surface area (TPSA) is 59.1 Å². The molecule has 0 aliphatic rings. The average Bonchev–Trinajstić information content (AvgIpc) is 2.89. The van der Waals surface area contributed by atoms with E-state index < -0.39 is 10.0 Å². The number of hydrogen-bond donors (Lipinski definition) is 1. The van der Waals surface area contributed by atoms with Crippen LogP contribution in [0.3, 0.4) is 0 Å². The summed E-state index contributed by atoms with van der Waals surface area (Å²) in [5.74, 6) is 0.0812. The highest BCUT2D eigenvalue weighted by atomic mass is 32.2. The van der Waals surface area contributed by atoms with Crippen molar-refractivity contribution in [2.45, 2.75) is 25.5 Å². The normalized spacial score (nSPS) is 13.3. The maximum absolute atomic E-state index is 11.9. The van der Waals surface area contributed by atoms with Crippen LogP contribution in [-0.4, -0.2) is 19.9 Å². The van der Waals surface area contributed by atoms with E-state index in [1.807, 2.05) is 38.1 Å². The van der Waals surface area contributed by atoms with E-state index in [1.165, 1.54) is 16.9 Å². The van der Waals surface area contributed by atoms with Crippen molar-refractivity contribution in [3.63, 3.8) is 0 Å². The molecule has 1 N–H and O–H groups in total. The predicted molar refractivity (Wildman–Crippen MR) is 82.3 cm³/mol. The monoisotopic (exact) mass is 310 g/mol. The second kappa shape index (κ2) is 6.47. The second-order valence-corrected chi connectivity index (χ2v) is 7.42. The first-order chi connectivity index (χ1) is 9.46. The van der Waals surface area contributed by atoms with Crippen LogP contribution in [0.25, 0.3) is 0 Å². The molecule has 0 aliphatic heterocycles. The SMILES string of the molecule is Cc1ccc(C(C)CNS(=O)(=O)Cc2cscn2)cc1. The van der Waals surface area contributed by atoms with Crippen molar-refractivity contribution < 1.29 is 8.42 Å². The number of thiazole rings is 1. The molecule has 0 spiro atoms. The van der Waals surface area contributed by atoms with Crippen molar-refractivity contribution in [2.24, 2.45) is 0 Å². The summed E-state index contributed by atoms with van der Waals surface area (Å²) in [6.07, 6.45) is 0. The maximum Gasteiger partial charge on any atom is 0.217 e. The summed E-state index contributed by atoms with van der Waals surface area (Å²) < 4.78 is 26.5. The molecule has 2 aromatic rings. The second-order valence-electron chi connectivity index (χ2n) is 4.90. The van der Waals surface area contributed by atoms with Gasteiger partial charge in [-0.3, -0.25) is 0 Å². The van der Waals surface area contributed by atoms with Gasteiger partial charge in [0.2, 0.25) is 10.0 Å². The van der Waals surface area contributed by atoms with E-state index in [9.17, 15) is 8.42 Å². The maximum atomic E-state index is 11.9. The van der Waals surface area contributed by atoms with Crippen LogP contribution in [0.2, 0.25) is 0 Å². The smallest absolute Gasteiger partial charge is 0.217 e. The Kier molecular flexibility index (Phi) is 4.91. The number of rotatable bonds is 6. The molecule has 0 amide bonds. The number of hydrogen-bond acceptors (Lipinski definition) is 4. The lowest BCUT2D eigenvalue weighted by molar-refractivity contribution is 0.573. The molecule has 1 unspecified atom stereocenters. The molecule has 0 bridgehead atoms. The zero-order valence-corrected chi connectivity index (χ0v) is 13.2. The van der Waals surface area contributed by atoms with Crippen molar-refractivity contribution in [3.8, 4) is 0 Å². The summed E-state index contributed by atoms with van der Waals surface area (Å²) in [5, 5.41) is 1.75. The van der Waals surface area contributed by atoms with E-state index in [0.29, 0.717) is 12.2 Å². The van der Waals surface area contributed by atoms with Gasteiger partial charge in [-0.25, -0.2) is 18.1 Å². The number of aromatic nitrogens is 1. The molecule has 4 nitrogen and oxygen atoms in total. The molecule has 1 atom stereocenters. The fraction of sp³-hybridized carbons (Fsp3) is 0.357. The van der Waals surface area contributed by atoms with Gasteiger partial charge in [0.05, 0.1) is 11.2 Å². The van der Waals surface area contributed by atoms with Crippen molar-refractivity contribution >= 4 is 21.4 Å². The fourth-order valence-corrected chi connectivity index (χ4v) is 3.64. The van der Waals surface area contributed by atoms with Crippen molar-refractivity contribution in [2.75, 3.05) is 6.54 Å². The first kappa shape index (κ1) is 15.2. The zero-order valence-electron chi connectivity index (χ0n) is 11.5. The predicted octanol–water partition coefficient (Wildman–Crippen LogP) is 2.67. The third-order valence-electron chi connectivity index (χ3n) is 3.08. The molecule has 6 heteroatoms. The molecule has 0 saturated heterocycles. The van der Waals surface area contributed by atoms with Gasteiger partial charge in [-0.15, -0.1) is 11.3 Å². The Bertz CT molecular complexity index is 634. The van der Waals surface area contributed by atoms with Crippen molar-refractivity contribution in [1.82, 2.24) is 9.71 Å². The van der Waals surface area contributed by atoms with E-state index >= 15 is 0 Å². The van der Waals surface area contributed by atoms with Gasteiger partial charge in [0.25, 0.3) is 0 Å². The standard InChI is InChI=1S/C14H18N2O2S2/c1-11-3-5-13(6-4-11)12(2)7-16-20(17,18)9-14-8-19-10-15-14/h3-6,8,10,12,16H,7,9H2,1-2H3. The Morgan fingerprint density at radius 3 is 2.60 bits per heavy atom. The summed E-state index contributed by atoms with van der Waals surface area (Å²) in [6, 6.07) is 8.15. The molecule has 20 heavy (non-hydrogen) atoms. The summed E-state index contributed by atoms with van der Waals surface area (Å²) in [4.78, 5) is 4.00. The number of sulfonamides is 1. The Hall–Kier alpha value is -1.24. The largest absolute Gasteiger partial charge is 0.249 e. The summed E-state index contributed by atoms with van der Waals surface area (Å²) in [5.41, 5.74) is 4.56. The molecule has 108 valence electrons. The quantitative estimate of drug-likeness (QED) is 0.892. The van der Waals surface area contributed by atoms with Crippen LogP contribution in [0.5, 0.6) is 0 Å². The third-order valence-corrected chi connectivity index (χ3v) is 4.99. The summed E-state index contributed by atoms with van der Waals surface area (Å²) in [7, 11) is -3.32. The lowest BCUT2D eigenvalue weighted by Gasteiger charge is -2.13. The average molecular weight is 310 g/mol. The first-order valence-corrected chi connectivity index (χ1v) is 8.97. The Morgan fingerprint density at radius 2 is 2.00 bits per heavy atom. The minimum Gasteiger partial charge on any atom is -0.249 e. The van der Waals surface area contributed by atoms with Crippen molar-refractivity contribution in [3.05, 3.63) is 52.0 Å². The lowest BCUT2D eigenvalue weighted by atomic mass is 10.0. The Labute approximate surface area is 123 Å². The number of aryl methyl sites for hydroxylation is 1. The van der Waals surface area contributed by atoms with Gasteiger partial charge in [-0.2, -0.15) is 0 Å². The van der Waals surface area contributed by atoms with E-state index in [-0.39, 0.29) is 11.7 Å². The molecule has 0 radical (unpaired) electrons. The zero-order chi connectivity index (χ0) is 14.6. The van der Waals surface area contributed by atoms with Crippen LogP contribution >= 0.6 is 11.3 Å².